The molecule has 0 saturated carbocycles. The zero-order chi connectivity index (χ0) is 15.9. The number of carboxylic acid groups (broad SMARTS) is 1. The molecule has 2 rings (SSSR count). The molecule has 0 aliphatic carbocycles. The average Bonchev–Trinajstić information content (AvgIpc) is 2.53. The summed E-state index contributed by atoms with van der Waals surface area (Å²) in [7, 11) is 3.62. The number of nitrogens with zero attached hydrogens (tertiary/aromatic N) is 2. The molecule has 6 nitrogen and oxygen atoms in total. The quantitative estimate of drug-likeness (QED) is 0.784. The predicted molar refractivity (Wildman–Crippen MR) is 86.7 cm³/mol. The minimum absolute atomic E-state index is 0.159. The Kier molecular flexibility index (Phi) is 6.03. The summed E-state index contributed by atoms with van der Waals surface area (Å²) >= 11 is 0. The molecule has 0 radical (unpaired) electrons. The van der Waals surface area contributed by atoms with Crippen LogP contribution in [-0.4, -0.2) is 62.9 Å². The lowest BCUT2D eigenvalue weighted by Gasteiger charge is -2.31. The monoisotopic (exact) mass is 307 g/mol. The molecule has 6 heteroatoms. The Hall–Kier alpha value is -1.79. The van der Waals surface area contributed by atoms with Crippen molar-refractivity contribution in [2.24, 2.45) is 0 Å². The van der Waals surface area contributed by atoms with Crippen molar-refractivity contribution in [3.05, 3.63) is 23.8 Å². The zero-order valence-electron chi connectivity index (χ0n) is 13.3. The van der Waals surface area contributed by atoms with E-state index in [2.05, 4.69) is 28.4 Å². The van der Waals surface area contributed by atoms with Crippen LogP contribution < -0.4 is 15.0 Å². The van der Waals surface area contributed by atoms with Crippen molar-refractivity contribution < 1.29 is 14.6 Å². The van der Waals surface area contributed by atoms with E-state index in [1.165, 1.54) is 0 Å². The summed E-state index contributed by atoms with van der Waals surface area (Å²) in [6.45, 7) is 5.19. The predicted octanol–water partition coefficient (Wildman–Crippen LogP) is 1.01. The lowest BCUT2D eigenvalue weighted by molar-refractivity contribution is -0.137. The molecule has 0 bridgehead atoms. The highest BCUT2D eigenvalue weighted by Gasteiger charge is 2.15. The molecule has 0 aromatic heterocycles. The molecule has 0 spiro atoms. The van der Waals surface area contributed by atoms with Gasteiger partial charge >= 0.3 is 5.97 Å². The molecule has 22 heavy (non-hydrogen) atoms. The van der Waals surface area contributed by atoms with Gasteiger partial charge in [0.25, 0.3) is 0 Å². The lowest BCUT2D eigenvalue weighted by atomic mass is 10.1. The molecule has 1 fully saturated rings. The summed E-state index contributed by atoms with van der Waals surface area (Å²) in [5, 5.41) is 12.1. The molecule has 1 aromatic rings. The van der Waals surface area contributed by atoms with Gasteiger partial charge in [-0.2, -0.15) is 0 Å². The summed E-state index contributed by atoms with van der Waals surface area (Å²) in [6, 6.07) is 6.25. The van der Waals surface area contributed by atoms with E-state index in [-0.39, 0.29) is 6.42 Å². The standard InChI is InChI=1S/C16H25N3O3/c1-18(8-5-16(20)21)12-13-3-4-14(15(11-13)22-2)19-9-6-17-7-10-19/h3-4,11,17H,5-10,12H2,1-2H3,(H,20,21). The van der Waals surface area contributed by atoms with Crippen molar-refractivity contribution in [1.82, 2.24) is 10.2 Å². The highest BCUT2D eigenvalue weighted by atomic mass is 16.5. The van der Waals surface area contributed by atoms with Crippen molar-refractivity contribution >= 4 is 11.7 Å². The number of benzene rings is 1. The van der Waals surface area contributed by atoms with Crippen LogP contribution in [0.15, 0.2) is 18.2 Å². The maximum absolute atomic E-state index is 10.6. The molecule has 1 aromatic carbocycles. The van der Waals surface area contributed by atoms with Gasteiger partial charge in [0.1, 0.15) is 5.75 Å². The van der Waals surface area contributed by atoms with E-state index in [1.807, 2.05) is 11.9 Å². The van der Waals surface area contributed by atoms with E-state index in [0.717, 1.165) is 43.2 Å². The highest BCUT2D eigenvalue weighted by Crippen LogP contribution is 2.30. The maximum Gasteiger partial charge on any atom is 0.304 e. The average molecular weight is 307 g/mol. The van der Waals surface area contributed by atoms with Gasteiger partial charge in [0.05, 0.1) is 19.2 Å². The minimum atomic E-state index is -0.765. The first-order chi connectivity index (χ1) is 10.6. The van der Waals surface area contributed by atoms with Gasteiger partial charge in [-0.05, 0) is 24.7 Å². The molecule has 1 aliphatic heterocycles. The number of methoxy groups -OCH3 is 1. The van der Waals surface area contributed by atoms with Crippen molar-refractivity contribution in [3.63, 3.8) is 0 Å². The highest BCUT2D eigenvalue weighted by molar-refractivity contribution is 5.66. The second kappa shape index (κ2) is 8.00. The van der Waals surface area contributed by atoms with Crippen LogP contribution in [0, 0.1) is 0 Å². The van der Waals surface area contributed by atoms with Crippen LogP contribution in [-0.2, 0) is 11.3 Å². The summed E-state index contributed by atoms with van der Waals surface area (Å²) < 4.78 is 5.54. The first kappa shape index (κ1) is 16.6. The van der Waals surface area contributed by atoms with Crippen LogP contribution in [0.4, 0.5) is 5.69 Å². The third kappa shape index (κ3) is 4.61. The number of nitrogens with one attached hydrogen (secondary N) is 1. The zero-order valence-corrected chi connectivity index (χ0v) is 13.3. The molecule has 1 heterocycles. The number of hydrogen-bond donors (Lipinski definition) is 2. The van der Waals surface area contributed by atoms with Crippen molar-refractivity contribution in [1.29, 1.82) is 0 Å². The number of carbonyl (C=O) groups is 1. The smallest absolute Gasteiger partial charge is 0.304 e. The second-order valence-corrected chi connectivity index (χ2v) is 5.62. The largest absolute Gasteiger partial charge is 0.495 e. The number of aliphatic carboxylic acids is 1. The molecule has 1 saturated heterocycles. The van der Waals surface area contributed by atoms with Crippen LogP contribution in [0.5, 0.6) is 5.75 Å². The molecule has 1 aliphatic rings. The van der Waals surface area contributed by atoms with E-state index < -0.39 is 5.97 Å². The van der Waals surface area contributed by atoms with Gasteiger partial charge in [-0.3, -0.25) is 4.79 Å². The molecule has 0 unspecified atom stereocenters. The van der Waals surface area contributed by atoms with E-state index in [9.17, 15) is 4.79 Å². The minimum Gasteiger partial charge on any atom is -0.495 e. The van der Waals surface area contributed by atoms with E-state index >= 15 is 0 Å². The number of rotatable bonds is 7. The van der Waals surface area contributed by atoms with Gasteiger partial charge in [0.2, 0.25) is 0 Å². The van der Waals surface area contributed by atoms with Crippen LogP contribution in [0.2, 0.25) is 0 Å². The Morgan fingerprint density at radius 1 is 1.41 bits per heavy atom. The van der Waals surface area contributed by atoms with E-state index in [0.29, 0.717) is 13.1 Å². The molecule has 0 amide bonds. The van der Waals surface area contributed by atoms with Gasteiger partial charge in [-0.1, -0.05) is 6.07 Å². The fraction of sp³-hybridized carbons (Fsp3) is 0.562. The Labute approximate surface area is 131 Å². The fourth-order valence-corrected chi connectivity index (χ4v) is 2.66. The Balaban J connectivity index is 2.03. The SMILES string of the molecule is COc1cc(CN(C)CCC(=O)O)ccc1N1CCNCC1. The van der Waals surface area contributed by atoms with Crippen molar-refractivity contribution in [3.8, 4) is 5.75 Å². The topological polar surface area (TPSA) is 65.0 Å². The third-order valence-corrected chi connectivity index (χ3v) is 3.86. The van der Waals surface area contributed by atoms with Crippen LogP contribution in [0.25, 0.3) is 0 Å². The number of piperazine rings is 1. The van der Waals surface area contributed by atoms with Crippen LogP contribution >= 0.6 is 0 Å². The first-order valence-corrected chi connectivity index (χ1v) is 7.63. The summed E-state index contributed by atoms with van der Waals surface area (Å²) in [4.78, 5) is 15.0. The maximum atomic E-state index is 10.6. The number of ether oxygens (including phenoxy) is 1. The Morgan fingerprint density at radius 2 is 2.14 bits per heavy atom. The normalized spacial score (nSPS) is 15.1. The first-order valence-electron chi connectivity index (χ1n) is 7.63. The van der Waals surface area contributed by atoms with Gasteiger partial charge in [-0.25, -0.2) is 0 Å². The molecule has 0 atom stereocenters. The Morgan fingerprint density at radius 3 is 2.77 bits per heavy atom. The molecule has 2 N–H and O–H groups in total. The number of hydrogen-bond acceptors (Lipinski definition) is 5. The van der Waals surface area contributed by atoms with Gasteiger partial charge < -0.3 is 25.0 Å². The van der Waals surface area contributed by atoms with Gasteiger partial charge in [-0.15, -0.1) is 0 Å². The number of anilines is 1. The van der Waals surface area contributed by atoms with E-state index in [4.69, 9.17) is 9.84 Å². The van der Waals surface area contributed by atoms with Gasteiger partial charge in [0.15, 0.2) is 0 Å². The summed E-state index contributed by atoms with van der Waals surface area (Å²) in [5.41, 5.74) is 2.25. The molecular weight excluding hydrogens is 282 g/mol. The Bertz CT molecular complexity index is 501. The van der Waals surface area contributed by atoms with Crippen LogP contribution in [0.1, 0.15) is 12.0 Å². The van der Waals surface area contributed by atoms with E-state index in [1.54, 1.807) is 7.11 Å². The lowest BCUT2D eigenvalue weighted by Crippen LogP contribution is -2.43. The number of carboxylic acids is 1. The second-order valence-electron chi connectivity index (χ2n) is 5.62. The van der Waals surface area contributed by atoms with Crippen molar-refractivity contribution in [2.75, 3.05) is 51.8 Å². The molecular formula is C16H25N3O3. The van der Waals surface area contributed by atoms with Crippen LogP contribution in [0.3, 0.4) is 0 Å². The van der Waals surface area contributed by atoms with Crippen molar-refractivity contribution in [2.45, 2.75) is 13.0 Å². The summed E-state index contributed by atoms with van der Waals surface area (Å²) in [6.07, 6.45) is 0.159. The van der Waals surface area contributed by atoms with Gasteiger partial charge in [0, 0.05) is 39.3 Å². The molecule has 122 valence electrons. The summed E-state index contributed by atoms with van der Waals surface area (Å²) in [5.74, 6) is 0.115. The fourth-order valence-electron chi connectivity index (χ4n) is 2.66. The third-order valence-electron chi connectivity index (χ3n) is 3.86.